The van der Waals surface area contributed by atoms with Crippen molar-refractivity contribution in [3.05, 3.63) is 24.2 Å². The lowest BCUT2D eigenvalue weighted by Crippen LogP contribution is -2.51. The molecule has 7 heteroatoms. The summed E-state index contributed by atoms with van der Waals surface area (Å²) in [5.74, 6) is 2.04. The molecule has 0 bridgehead atoms. The topological polar surface area (TPSA) is 56.5 Å². The van der Waals surface area contributed by atoms with E-state index in [1.54, 1.807) is 18.9 Å². The number of hydrogen-bond acceptors (Lipinski definition) is 5. The number of aryl methyl sites for hydroxylation is 1. The molecule has 112 valence electrons. The molecule has 2 aromatic rings. The number of methoxy groups -OCH3 is 2. The first-order valence-corrected chi connectivity index (χ1v) is 6.88. The summed E-state index contributed by atoms with van der Waals surface area (Å²) in [6.45, 7) is 4.26. The minimum Gasteiger partial charge on any atom is -0.493 e. The Labute approximate surface area is 128 Å². The zero-order chi connectivity index (χ0) is 15.4. The highest BCUT2D eigenvalue weighted by Crippen LogP contribution is 2.30. The smallest absolute Gasteiger partial charge is 0.319 e. The van der Waals surface area contributed by atoms with Gasteiger partial charge in [-0.1, -0.05) is 0 Å². The van der Waals surface area contributed by atoms with Crippen molar-refractivity contribution in [1.29, 1.82) is 0 Å². The number of nitrogens with one attached hydrogen (secondary N) is 1. The van der Waals surface area contributed by atoms with Gasteiger partial charge in [0.05, 0.1) is 26.2 Å². The predicted molar refractivity (Wildman–Crippen MR) is 83.4 cm³/mol. The van der Waals surface area contributed by atoms with E-state index < -0.39 is 0 Å². The molecular formula is C14H18N3O3S+. The van der Waals surface area contributed by atoms with E-state index in [4.69, 9.17) is 26.4 Å². The largest absolute Gasteiger partial charge is 0.493 e. The summed E-state index contributed by atoms with van der Waals surface area (Å²) in [4.78, 5) is 4.52. The molecule has 21 heavy (non-hydrogen) atoms. The van der Waals surface area contributed by atoms with Gasteiger partial charge in [-0.25, -0.2) is 0 Å². The molecule has 0 saturated heterocycles. The fourth-order valence-corrected chi connectivity index (χ4v) is 2.14. The number of benzene rings is 1. The van der Waals surface area contributed by atoms with E-state index in [2.05, 4.69) is 10.4 Å². The van der Waals surface area contributed by atoms with Gasteiger partial charge in [-0.15, -0.1) is 4.68 Å². The van der Waals surface area contributed by atoms with Crippen LogP contribution in [0, 0.1) is 6.92 Å². The normalized spacial score (nSPS) is 10.3. The molecule has 0 amide bonds. The van der Waals surface area contributed by atoms with Crippen molar-refractivity contribution in [1.82, 2.24) is 4.98 Å². The Bertz CT molecular complexity index is 676. The van der Waals surface area contributed by atoms with Gasteiger partial charge >= 0.3 is 5.82 Å². The van der Waals surface area contributed by atoms with E-state index in [0.29, 0.717) is 23.3 Å². The van der Waals surface area contributed by atoms with Gasteiger partial charge < -0.3 is 14.2 Å². The number of ether oxygens (including phenoxy) is 3. The molecule has 2 rings (SSSR count). The number of thiocarbonyl (C=S) groups is 1. The molecule has 0 aliphatic heterocycles. The van der Waals surface area contributed by atoms with E-state index in [0.717, 1.165) is 16.7 Å². The van der Waals surface area contributed by atoms with E-state index in [-0.39, 0.29) is 0 Å². The van der Waals surface area contributed by atoms with Crippen LogP contribution in [-0.4, -0.2) is 31.0 Å². The first kappa shape index (κ1) is 15.2. The van der Waals surface area contributed by atoms with Gasteiger partial charge in [-0.05, 0) is 30.2 Å². The maximum Gasteiger partial charge on any atom is 0.319 e. The standard InChI is InChI=1S/C14H17N3O3S/c1-5-20-14(21)16-17-8-10-6-12(18-3)13(19-4)7-11(10)15-9(17)2/h6-8H,5H2,1-4H3/p+1. The molecule has 6 nitrogen and oxygen atoms in total. The van der Waals surface area contributed by atoms with Crippen molar-refractivity contribution in [3.8, 4) is 11.5 Å². The minimum atomic E-state index is 0.298. The minimum absolute atomic E-state index is 0.298. The van der Waals surface area contributed by atoms with Crippen LogP contribution in [0.5, 0.6) is 11.5 Å². The summed E-state index contributed by atoms with van der Waals surface area (Å²) in [7, 11) is 3.20. The molecule has 1 heterocycles. The van der Waals surface area contributed by atoms with Crippen LogP contribution >= 0.6 is 12.2 Å². The first-order valence-electron chi connectivity index (χ1n) is 6.47. The maximum absolute atomic E-state index is 5.30. The lowest BCUT2D eigenvalue weighted by molar-refractivity contribution is -0.649. The number of rotatable bonds is 4. The van der Waals surface area contributed by atoms with Gasteiger partial charge in [0.1, 0.15) is 6.20 Å². The summed E-state index contributed by atoms with van der Waals surface area (Å²) in [5.41, 5.74) is 3.77. The van der Waals surface area contributed by atoms with Crippen molar-refractivity contribution in [3.63, 3.8) is 0 Å². The lowest BCUT2D eigenvalue weighted by Gasteiger charge is -2.09. The summed E-state index contributed by atoms with van der Waals surface area (Å²) >= 11 is 5.08. The van der Waals surface area contributed by atoms with Gasteiger partial charge in [0.25, 0.3) is 5.17 Å². The SMILES string of the molecule is CCOC(=S)N[n+]1cc2cc(OC)c(OC)cc2nc1C. The van der Waals surface area contributed by atoms with Crippen molar-refractivity contribution in [2.45, 2.75) is 13.8 Å². The molecule has 0 radical (unpaired) electrons. The summed E-state index contributed by atoms with van der Waals surface area (Å²) in [6.07, 6.45) is 1.88. The fraction of sp³-hybridized carbons (Fsp3) is 0.357. The predicted octanol–water partition coefficient (Wildman–Crippen LogP) is 1.71. The van der Waals surface area contributed by atoms with Gasteiger partial charge in [0.15, 0.2) is 17.0 Å². The van der Waals surface area contributed by atoms with Crippen LogP contribution in [0.15, 0.2) is 18.3 Å². The molecule has 0 aliphatic rings. The number of aromatic nitrogens is 2. The Morgan fingerprint density at radius 1 is 1.29 bits per heavy atom. The zero-order valence-electron chi connectivity index (χ0n) is 12.5. The first-order chi connectivity index (χ1) is 10.1. The molecule has 0 unspecified atom stereocenters. The lowest BCUT2D eigenvalue weighted by atomic mass is 10.2. The molecule has 1 aromatic heterocycles. The van der Waals surface area contributed by atoms with Crippen LogP contribution in [0.4, 0.5) is 0 Å². The Balaban J connectivity index is 2.46. The quantitative estimate of drug-likeness (QED) is 0.685. The average Bonchev–Trinajstić information content (AvgIpc) is 2.47. The van der Waals surface area contributed by atoms with E-state index in [9.17, 15) is 0 Å². The van der Waals surface area contributed by atoms with Crippen molar-refractivity contribution < 1.29 is 18.9 Å². The van der Waals surface area contributed by atoms with E-state index >= 15 is 0 Å². The van der Waals surface area contributed by atoms with Gasteiger partial charge in [-0.3, -0.25) is 0 Å². The Morgan fingerprint density at radius 2 is 1.95 bits per heavy atom. The highest BCUT2D eigenvalue weighted by atomic mass is 32.1. The Kier molecular flexibility index (Phi) is 4.74. The molecule has 1 N–H and O–H groups in total. The zero-order valence-corrected chi connectivity index (χ0v) is 13.3. The van der Waals surface area contributed by atoms with Crippen molar-refractivity contribution in [2.75, 3.05) is 26.3 Å². The maximum atomic E-state index is 5.30. The molecular weight excluding hydrogens is 290 g/mol. The van der Waals surface area contributed by atoms with Crippen LogP contribution in [-0.2, 0) is 4.74 Å². The van der Waals surface area contributed by atoms with Gasteiger partial charge in [-0.2, -0.15) is 5.43 Å². The Hall–Kier alpha value is -2.15. The third kappa shape index (κ3) is 3.30. The van der Waals surface area contributed by atoms with Crippen LogP contribution in [0.3, 0.4) is 0 Å². The highest BCUT2D eigenvalue weighted by Gasteiger charge is 2.16. The third-order valence-electron chi connectivity index (χ3n) is 2.92. The summed E-state index contributed by atoms with van der Waals surface area (Å²) in [5, 5.41) is 1.19. The van der Waals surface area contributed by atoms with Crippen molar-refractivity contribution >= 4 is 28.3 Å². The molecule has 0 aliphatic carbocycles. The summed E-state index contributed by atoms with van der Waals surface area (Å²) in [6, 6.07) is 3.70. The molecule has 0 atom stereocenters. The van der Waals surface area contributed by atoms with Gasteiger partial charge in [0, 0.05) is 13.0 Å². The Morgan fingerprint density at radius 3 is 2.57 bits per heavy atom. The second kappa shape index (κ2) is 6.53. The van der Waals surface area contributed by atoms with E-state index in [1.165, 1.54) is 0 Å². The van der Waals surface area contributed by atoms with Gasteiger partial charge in [0.2, 0.25) is 0 Å². The van der Waals surface area contributed by atoms with Crippen molar-refractivity contribution in [2.24, 2.45) is 0 Å². The number of fused-ring (bicyclic) bond motifs is 1. The molecule has 0 spiro atoms. The van der Waals surface area contributed by atoms with Crippen LogP contribution < -0.4 is 19.6 Å². The average molecular weight is 308 g/mol. The van der Waals surface area contributed by atoms with Crippen LogP contribution in [0.1, 0.15) is 12.7 Å². The second-order valence-electron chi connectivity index (χ2n) is 4.26. The van der Waals surface area contributed by atoms with E-state index in [1.807, 2.05) is 32.2 Å². The summed E-state index contributed by atoms with van der Waals surface area (Å²) < 4.78 is 17.5. The second-order valence-corrected chi connectivity index (χ2v) is 4.63. The molecule has 1 aromatic carbocycles. The monoisotopic (exact) mass is 308 g/mol. The number of hydrogen-bond donors (Lipinski definition) is 1. The third-order valence-corrected chi connectivity index (χ3v) is 3.13. The molecule has 0 fully saturated rings. The number of nitrogens with zero attached hydrogens (tertiary/aromatic N) is 2. The highest BCUT2D eigenvalue weighted by molar-refractivity contribution is 7.80. The molecule has 0 saturated carbocycles. The van der Waals surface area contributed by atoms with Crippen LogP contribution in [0.25, 0.3) is 10.9 Å². The fourth-order valence-electron chi connectivity index (χ4n) is 1.92. The van der Waals surface area contributed by atoms with Crippen LogP contribution in [0.2, 0.25) is 0 Å².